The molecule has 1 atom stereocenters. The van der Waals surface area contributed by atoms with Gasteiger partial charge >= 0.3 is 0 Å². The van der Waals surface area contributed by atoms with Crippen LogP contribution in [-0.2, 0) is 11.2 Å². The maximum absolute atomic E-state index is 12.3. The SMILES string of the molecule is O=C(Cc1cccc2ccccc12)C(O)c1ccccc1. The summed E-state index contributed by atoms with van der Waals surface area (Å²) in [6.07, 6.45) is -0.831. The zero-order valence-electron chi connectivity index (χ0n) is 11.6. The Labute approximate surface area is 123 Å². The summed E-state index contributed by atoms with van der Waals surface area (Å²) in [5.74, 6) is -0.183. The lowest BCUT2D eigenvalue weighted by Gasteiger charge is -2.11. The maximum atomic E-state index is 12.3. The monoisotopic (exact) mass is 276 g/mol. The molecule has 0 bridgehead atoms. The Morgan fingerprint density at radius 2 is 1.52 bits per heavy atom. The van der Waals surface area contributed by atoms with Gasteiger partial charge in [-0.1, -0.05) is 72.8 Å². The molecule has 0 amide bonds. The Hall–Kier alpha value is -2.45. The van der Waals surface area contributed by atoms with Crippen molar-refractivity contribution in [2.75, 3.05) is 0 Å². The van der Waals surface area contributed by atoms with Crippen molar-refractivity contribution in [3.63, 3.8) is 0 Å². The molecule has 1 N–H and O–H groups in total. The van der Waals surface area contributed by atoms with E-state index in [1.54, 1.807) is 12.1 Å². The summed E-state index contributed by atoms with van der Waals surface area (Å²) in [5.41, 5.74) is 1.59. The number of aliphatic hydroxyl groups excluding tert-OH is 1. The summed E-state index contributed by atoms with van der Waals surface area (Å²) in [7, 11) is 0. The fraction of sp³-hybridized carbons (Fsp3) is 0.105. The summed E-state index contributed by atoms with van der Waals surface area (Å²) in [6, 6.07) is 22.9. The van der Waals surface area contributed by atoms with E-state index in [1.165, 1.54) is 0 Å². The van der Waals surface area contributed by atoms with E-state index in [-0.39, 0.29) is 12.2 Å². The molecule has 0 aliphatic rings. The first-order valence-electron chi connectivity index (χ1n) is 6.98. The lowest BCUT2D eigenvalue weighted by Crippen LogP contribution is -2.14. The summed E-state index contributed by atoms with van der Waals surface area (Å²) in [6.45, 7) is 0. The molecule has 0 spiro atoms. The van der Waals surface area contributed by atoms with Crippen LogP contribution in [0.3, 0.4) is 0 Å². The average Bonchev–Trinajstić information content (AvgIpc) is 2.55. The van der Waals surface area contributed by atoms with Gasteiger partial charge in [-0.2, -0.15) is 0 Å². The van der Waals surface area contributed by atoms with E-state index in [0.717, 1.165) is 16.3 Å². The molecule has 3 aromatic rings. The quantitative estimate of drug-likeness (QED) is 0.789. The van der Waals surface area contributed by atoms with Gasteiger partial charge in [0, 0.05) is 6.42 Å². The molecular formula is C19H16O2. The van der Waals surface area contributed by atoms with Gasteiger partial charge in [-0.25, -0.2) is 0 Å². The highest BCUT2D eigenvalue weighted by Gasteiger charge is 2.18. The molecule has 2 nitrogen and oxygen atoms in total. The largest absolute Gasteiger partial charge is 0.381 e. The van der Waals surface area contributed by atoms with Crippen LogP contribution in [0.2, 0.25) is 0 Å². The number of carbonyl (C=O) groups is 1. The van der Waals surface area contributed by atoms with Crippen LogP contribution in [0.25, 0.3) is 10.8 Å². The molecule has 3 aromatic carbocycles. The Morgan fingerprint density at radius 1 is 0.857 bits per heavy atom. The third-order valence-electron chi connectivity index (χ3n) is 3.66. The normalized spacial score (nSPS) is 12.2. The lowest BCUT2D eigenvalue weighted by molar-refractivity contribution is -0.126. The van der Waals surface area contributed by atoms with Gasteiger partial charge in [0.2, 0.25) is 0 Å². The molecule has 0 aliphatic heterocycles. The van der Waals surface area contributed by atoms with Crippen molar-refractivity contribution < 1.29 is 9.90 Å². The van der Waals surface area contributed by atoms with Crippen molar-refractivity contribution in [3.8, 4) is 0 Å². The Kier molecular flexibility index (Phi) is 3.80. The van der Waals surface area contributed by atoms with Crippen molar-refractivity contribution in [2.24, 2.45) is 0 Å². The summed E-state index contributed by atoms with van der Waals surface area (Å²) in [5, 5.41) is 12.3. The third-order valence-corrected chi connectivity index (χ3v) is 3.66. The number of rotatable bonds is 4. The number of hydrogen-bond acceptors (Lipinski definition) is 2. The fourth-order valence-corrected chi connectivity index (χ4v) is 2.55. The molecule has 0 saturated carbocycles. The predicted molar refractivity (Wildman–Crippen MR) is 84.1 cm³/mol. The Bertz CT molecular complexity index is 757. The molecule has 0 heterocycles. The van der Waals surface area contributed by atoms with E-state index in [9.17, 15) is 9.90 Å². The van der Waals surface area contributed by atoms with Gasteiger partial charge in [0.1, 0.15) is 6.10 Å². The van der Waals surface area contributed by atoms with Crippen molar-refractivity contribution in [1.82, 2.24) is 0 Å². The number of aliphatic hydroxyl groups is 1. The molecule has 0 saturated heterocycles. The van der Waals surface area contributed by atoms with Gasteiger partial charge in [-0.05, 0) is 21.9 Å². The smallest absolute Gasteiger partial charge is 0.170 e. The lowest BCUT2D eigenvalue weighted by atomic mass is 9.96. The Morgan fingerprint density at radius 3 is 2.33 bits per heavy atom. The highest BCUT2D eigenvalue weighted by Crippen LogP contribution is 2.22. The average molecular weight is 276 g/mol. The molecule has 0 radical (unpaired) electrons. The fourth-order valence-electron chi connectivity index (χ4n) is 2.55. The highest BCUT2D eigenvalue weighted by molar-refractivity contribution is 5.92. The maximum Gasteiger partial charge on any atom is 0.170 e. The van der Waals surface area contributed by atoms with E-state index < -0.39 is 6.10 Å². The van der Waals surface area contributed by atoms with E-state index >= 15 is 0 Å². The minimum Gasteiger partial charge on any atom is -0.381 e. The van der Waals surface area contributed by atoms with Crippen LogP contribution in [0.4, 0.5) is 0 Å². The number of Topliss-reactive ketones (excluding diaryl/α,β-unsaturated/α-hetero) is 1. The standard InChI is InChI=1S/C19H16O2/c20-18(19(21)15-8-2-1-3-9-15)13-16-11-6-10-14-7-4-5-12-17(14)16/h1-12,19,21H,13H2. The van der Waals surface area contributed by atoms with Gasteiger partial charge in [-0.3, -0.25) is 4.79 Å². The van der Waals surface area contributed by atoms with Crippen LogP contribution >= 0.6 is 0 Å². The van der Waals surface area contributed by atoms with E-state index in [0.29, 0.717) is 5.56 Å². The van der Waals surface area contributed by atoms with E-state index in [1.807, 2.05) is 60.7 Å². The molecule has 0 aliphatic carbocycles. The number of carbonyl (C=O) groups excluding carboxylic acids is 1. The van der Waals surface area contributed by atoms with Gasteiger partial charge < -0.3 is 5.11 Å². The molecule has 0 aromatic heterocycles. The van der Waals surface area contributed by atoms with Gasteiger partial charge in [0.25, 0.3) is 0 Å². The molecule has 2 heteroatoms. The second-order valence-electron chi connectivity index (χ2n) is 5.09. The van der Waals surface area contributed by atoms with Gasteiger partial charge in [0.05, 0.1) is 0 Å². The first-order chi connectivity index (χ1) is 10.3. The number of hydrogen-bond donors (Lipinski definition) is 1. The minimum absolute atomic E-state index is 0.183. The van der Waals surface area contributed by atoms with Crippen LogP contribution in [-0.4, -0.2) is 10.9 Å². The van der Waals surface area contributed by atoms with Crippen LogP contribution in [0.15, 0.2) is 72.8 Å². The van der Waals surface area contributed by atoms with Crippen LogP contribution < -0.4 is 0 Å². The zero-order valence-corrected chi connectivity index (χ0v) is 11.6. The van der Waals surface area contributed by atoms with Gasteiger partial charge in [0.15, 0.2) is 5.78 Å². The van der Waals surface area contributed by atoms with Crippen LogP contribution in [0.5, 0.6) is 0 Å². The molecule has 3 rings (SSSR count). The van der Waals surface area contributed by atoms with Crippen molar-refractivity contribution in [3.05, 3.63) is 83.9 Å². The summed E-state index contributed by atoms with van der Waals surface area (Å²) < 4.78 is 0. The highest BCUT2D eigenvalue weighted by atomic mass is 16.3. The second-order valence-corrected chi connectivity index (χ2v) is 5.09. The predicted octanol–water partition coefficient (Wildman–Crippen LogP) is 3.69. The molecule has 1 unspecified atom stereocenters. The molecule has 21 heavy (non-hydrogen) atoms. The third kappa shape index (κ3) is 2.86. The Balaban J connectivity index is 1.87. The molecular weight excluding hydrogens is 260 g/mol. The first-order valence-corrected chi connectivity index (χ1v) is 6.98. The van der Waals surface area contributed by atoms with Gasteiger partial charge in [-0.15, -0.1) is 0 Å². The topological polar surface area (TPSA) is 37.3 Å². The minimum atomic E-state index is -1.06. The summed E-state index contributed by atoms with van der Waals surface area (Å²) >= 11 is 0. The summed E-state index contributed by atoms with van der Waals surface area (Å²) in [4.78, 5) is 12.3. The van der Waals surface area contributed by atoms with E-state index in [4.69, 9.17) is 0 Å². The zero-order chi connectivity index (χ0) is 14.7. The first kappa shape index (κ1) is 13.5. The van der Waals surface area contributed by atoms with Crippen molar-refractivity contribution in [2.45, 2.75) is 12.5 Å². The number of benzene rings is 3. The molecule has 104 valence electrons. The van der Waals surface area contributed by atoms with Crippen molar-refractivity contribution >= 4 is 16.6 Å². The van der Waals surface area contributed by atoms with Crippen LogP contribution in [0, 0.1) is 0 Å². The second kappa shape index (κ2) is 5.90. The molecule has 0 fully saturated rings. The van der Waals surface area contributed by atoms with Crippen LogP contribution in [0.1, 0.15) is 17.2 Å². The van der Waals surface area contributed by atoms with Crippen molar-refractivity contribution in [1.29, 1.82) is 0 Å². The number of ketones is 1. The van der Waals surface area contributed by atoms with E-state index in [2.05, 4.69) is 0 Å². The number of fused-ring (bicyclic) bond motifs is 1.